The second kappa shape index (κ2) is 9.94. The zero-order valence-electron chi connectivity index (χ0n) is 14.6. The Balaban J connectivity index is 1.85. The molecule has 0 aliphatic carbocycles. The fourth-order valence-corrected chi connectivity index (χ4v) is 2.37. The molecule has 0 aromatic heterocycles. The number of amides is 2. The maximum Gasteiger partial charge on any atom is 0.338 e. The lowest BCUT2D eigenvalue weighted by atomic mass is 10.2. The van der Waals surface area contributed by atoms with E-state index in [1.54, 1.807) is 24.3 Å². The van der Waals surface area contributed by atoms with Gasteiger partial charge in [-0.05, 0) is 48.9 Å². The molecular formula is C19H18Cl2N2O4. The van der Waals surface area contributed by atoms with Gasteiger partial charge in [-0.1, -0.05) is 30.1 Å². The van der Waals surface area contributed by atoms with E-state index in [1.165, 1.54) is 18.2 Å². The van der Waals surface area contributed by atoms with Crippen LogP contribution in [0.2, 0.25) is 10.0 Å². The van der Waals surface area contributed by atoms with Crippen LogP contribution < -0.4 is 10.6 Å². The van der Waals surface area contributed by atoms with Gasteiger partial charge in [0, 0.05) is 11.3 Å². The highest BCUT2D eigenvalue weighted by atomic mass is 35.5. The van der Waals surface area contributed by atoms with Gasteiger partial charge < -0.3 is 15.4 Å². The van der Waals surface area contributed by atoms with Gasteiger partial charge in [0.2, 0.25) is 5.91 Å². The highest BCUT2D eigenvalue weighted by molar-refractivity contribution is 6.42. The van der Waals surface area contributed by atoms with E-state index >= 15 is 0 Å². The molecule has 2 aromatic rings. The van der Waals surface area contributed by atoms with E-state index in [-0.39, 0.29) is 11.6 Å². The Kier molecular flexibility index (Phi) is 7.64. The zero-order chi connectivity index (χ0) is 19.8. The van der Waals surface area contributed by atoms with Gasteiger partial charge in [-0.2, -0.15) is 0 Å². The number of ether oxygens (including phenoxy) is 1. The van der Waals surface area contributed by atoms with Crippen molar-refractivity contribution in [1.29, 1.82) is 0 Å². The molecule has 0 heterocycles. The van der Waals surface area contributed by atoms with Crippen molar-refractivity contribution in [3.63, 3.8) is 0 Å². The van der Waals surface area contributed by atoms with Crippen LogP contribution >= 0.6 is 23.2 Å². The Morgan fingerprint density at radius 3 is 2.26 bits per heavy atom. The summed E-state index contributed by atoms with van der Waals surface area (Å²) in [6.45, 7) is 2.04. The Bertz CT molecular complexity index is 838. The number of hydrogen-bond donors (Lipinski definition) is 2. The molecule has 27 heavy (non-hydrogen) atoms. The molecule has 8 heteroatoms. The second-order valence-corrected chi connectivity index (χ2v) is 6.39. The van der Waals surface area contributed by atoms with E-state index in [0.29, 0.717) is 28.4 Å². The van der Waals surface area contributed by atoms with E-state index in [4.69, 9.17) is 27.9 Å². The molecule has 0 radical (unpaired) electrons. The molecule has 0 saturated carbocycles. The zero-order valence-corrected chi connectivity index (χ0v) is 16.1. The maximum absolute atomic E-state index is 12.0. The summed E-state index contributed by atoms with van der Waals surface area (Å²) in [6, 6.07) is 10.7. The lowest BCUT2D eigenvalue weighted by molar-refractivity contribution is -0.115. The lowest BCUT2D eigenvalue weighted by Crippen LogP contribution is -2.32. The van der Waals surface area contributed by atoms with E-state index in [0.717, 1.165) is 6.42 Å². The van der Waals surface area contributed by atoms with Crippen molar-refractivity contribution in [2.45, 2.75) is 13.3 Å². The van der Waals surface area contributed by atoms with E-state index in [1.807, 2.05) is 6.92 Å². The van der Waals surface area contributed by atoms with Crippen LogP contribution in [-0.4, -0.2) is 30.9 Å². The summed E-state index contributed by atoms with van der Waals surface area (Å²) in [5.74, 6) is -1.27. The average molecular weight is 409 g/mol. The lowest BCUT2D eigenvalue weighted by Gasteiger charge is -2.08. The summed E-state index contributed by atoms with van der Waals surface area (Å²) in [4.78, 5) is 35.7. The van der Waals surface area contributed by atoms with Crippen molar-refractivity contribution in [3.05, 3.63) is 63.6 Å². The van der Waals surface area contributed by atoms with E-state index < -0.39 is 17.8 Å². The third-order valence-electron chi connectivity index (χ3n) is 3.43. The van der Waals surface area contributed by atoms with Crippen LogP contribution in [0.1, 0.15) is 34.1 Å². The number of benzene rings is 2. The summed E-state index contributed by atoms with van der Waals surface area (Å²) >= 11 is 11.7. The number of esters is 1. The predicted molar refractivity (Wildman–Crippen MR) is 104 cm³/mol. The minimum absolute atomic E-state index is 0.223. The molecule has 0 saturated heterocycles. The van der Waals surface area contributed by atoms with Crippen LogP contribution in [-0.2, 0) is 9.53 Å². The molecule has 2 N–H and O–H groups in total. The smallest absolute Gasteiger partial charge is 0.338 e. The van der Waals surface area contributed by atoms with E-state index in [2.05, 4.69) is 10.6 Å². The number of hydrogen-bond acceptors (Lipinski definition) is 4. The SMILES string of the molecule is CCCOC(=O)c1ccc(NC(=O)CNC(=O)c2ccc(Cl)c(Cl)c2)cc1. The molecule has 0 aliphatic heterocycles. The summed E-state index contributed by atoms with van der Waals surface area (Å²) in [5.41, 5.74) is 1.19. The first-order chi connectivity index (χ1) is 12.9. The van der Waals surface area contributed by atoms with E-state index in [9.17, 15) is 14.4 Å². The number of carbonyl (C=O) groups is 3. The fourth-order valence-electron chi connectivity index (χ4n) is 2.07. The van der Waals surface area contributed by atoms with Crippen molar-refractivity contribution in [3.8, 4) is 0 Å². The molecule has 0 fully saturated rings. The summed E-state index contributed by atoms with van der Waals surface area (Å²) in [7, 11) is 0. The first-order valence-electron chi connectivity index (χ1n) is 8.21. The van der Waals surface area contributed by atoms with Crippen molar-refractivity contribution < 1.29 is 19.1 Å². The molecule has 2 aromatic carbocycles. The van der Waals surface area contributed by atoms with Crippen LogP contribution in [0.3, 0.4) is 0 Å². The Morgan fingerprint density at radius 2 is 1.63 bits per heavy atom. The predicted octanol–water partition coefficient (Wildman–Crippen LogP) is 3.93. The van der Waals surface area contributed by atoms with Gasteiger partial charge in [-0.3, -0.25) is 9.59 Å². The van der Waals surface area contributed by atoms with Crippen LogP contribution in [0, 0.1) is 0 Å². The maximum atomic E-state index is 12.0. The third-order valence-corrected chi connectivity index (χ3v) is 4.17. The van der Waals surface area contributed by atoms with Crippen molar-refractivity contribution in [2.24, 2.45) is 0 Å². The van der Waals surface area contributed by atoms with Gasteiger partial charge in [0.1, 0.15) is 0 Å². The molecule has 0 atom stereocenters. The van der Waals surface area contributed by atoms with Gasteiger partial charge in [-0.25, -0.2) is 4.79 Å². The molecule has 0 spiro atoms. The minimum Gasteiger partial charge on any atom is -0.462 e. The first-order valence-corrected chi connectivity index (χ1v) is 8.96. The second-order valence-electron chi connectivity index (χ2n) is 5.57. The van der Waals surface area contributed by atoms with Gasteiger partial charge in [0.15, 0.2) is 0 Å². The molecule has 6 nitrogen and oxygen atoms in total. The topological polar surface area (TPSA) is 84.5 Å². The number of halogens is 2. The van der Waals surface area contributed by atoms with Crippen LogP contribution in [0.15, 0.2) is 42.5 Å². The number of carbonyl (C=O) groups excluding carboxylic acids is 3. The van der Waals surface area contributed by atoms with Crippen LogP contribution in [0.25, 0.3) is 0 Å². The highest BCUT2D eigenvalue weighted by Gasteiger charge is 2.11. The van der Waals surface area contributed by atoms with Gasteiger partial charge in [0.25, 0.3) is 5.91 Å². The normalized spacial score (nSPS) is 10.2. The molecule has 0 unspecified atom stereocenters. The van der Waals surface area contributed by atoms with Crippen LogP contribution in [0.5, 0.6) is 0 Å². The summed E-state index contributed by atoms with van der Waals surface area (Å²) in [6.07, 6.45) is 0.744. The summed E-state index contributed by atoms with van der Waals surface area (Å²) in [5, 5.41) is 5.71. The third kappa shape index (κ3) is 6.27. The Morgan fingerprint density at radius 1 is 0.963 bits per heavy atom. The van der Waals surface area contributed by atoms with Crippen molar-refractivity contribution >= 4 is 46.7 Å². The molecule has 2 amide bonds. The highest BCUT2D eigenvalue weighted by Crippen LogP contribution is 2.22. The largest absolute Gasteiger partial charge is 0.462 e. The van der Waals surface area contributed by atoms with Gasteiger partial charge in [-0.15, -0.1) is 0 Å². The number of anilines is 1. The Hall–Kier alpha value is -2.57. The number of nitrogens with one attached hydrogen (secondary N) is 2. The summed E-state index contributed by atoms with van der Waals surface area (Å²) < 4.78 is 5.03. The standard InChI is InChI=1S/C19H18Cl2N2O4/c1-2-9-27-19(26)12-3-6-14(7-4-12)23-17(24)11-22-18(25)13-5-8-15(20)16(21)10-13/h3-8,10H,2,9,11H2,1H3,(H,22,25)(H,23,24). The molecular weight excluding hydrogens is 391 g/mol. The number of rotatable bonds is 7. The minimum atomic E-state index is -0.447. The Labute approximate surface area is 166 Å². The molecule has 0 aliphatic rings. The fraction of sp³-hybridized carbons (Fsp3) is 0.211. The first kappa shape index (κ1) is 20.7. The van der Waals surface area contributed by atoms with Crippen molar-refractivity contribution in [2.75, 3.05) is 18.5 Å². The monoisotopic (exact) mass is 408 g/mol. The molecule has 0 bridgehead atoms. The molecule has 142 valence electrons. The quantitative estimate of drug-likeness (QED) is 0.679. The van der Waals surface area contributed by atoms with Crippen molar-refractivity contribution in [1.82, 2.24) is 5.32 Å². The van der Waals surface area contributed by atoms with Gasteiger partial charge >= 0.3 is 5.97 Å². The average Bonchev–Trinajstić information content (AvgIpc) is 2.67. The van der Waals surface area contributed by atoms with Crippen LogP contribution in [0.4, 0.5) is 5.69 Å². The van der Waals surface area contributed by atoms with Gasteiger partial charge in [0.05, 0.1) is 28.8 Å². The molecule has 2 rings (SSSR count).